The number of hydrogen-bond donors (Lipinski definition) is 0. The van der Waals surface area contributed by atoms with Gasteiger partial charge in [0.2, 0.25) is 0 Å². The molecule has 0 saturated heterocycles. The van der Waals surface area contributed by atoms with E-state index in [1.165, 1.54) is 0 Å². The lowest BCUT2D eigenvalue weighted by molar-refractivity contribution is -0.118. The molecule has 2 aromatic carbocycles. The smallest absolute Gasteiger partial charge is 0.141 e. The summed E-state index contributed by atoms with van der Waals surface area (Å²) in [6.07, 6.45) is 8.89. The number of ketones is 1. The molecule has 4 rings (SSSR count). The number of pyridine rings is 1. The van der Waals surface area contributed by atoms with Crippen molar-refractivity contribution in [3.05, 3.63) is 102 Å². The normalized spacial score (nSPS) is 10.8. The van der Waals surface area contributed by atoms with Crippen molar-refractivity contribution in [1.29, 1.82) is 0 Å². The molecule has 2 heterocycles. The van der Waals surface area contributed by atoms with Gasteiger partial charge in [0.1, 0.15) is 24.0 Å². The molecule has 4 aromatic rings. The Bertz CT molecular complexity index is 1160. The minimum Gasteiger partial charge on any atom is -0.492 e. The van der Waals surface area contributed by atoms with E-state index in [4.69, 9.17) is 16.3 Å². The summed E-state index contributed by atoms with van der Waals surface area (Å²) in [6.45, 7) is 1.15. The van der Waals surface area contributed by atoms with Gasteiger partial charge >= 0.3 is 0 Å². The molecule has 0 fully saturated rings. The van der Waals surface area contributed by atoms with Crippen molar-refractivity contribution in [3.63, 3.8) is 0 Å². The second-order valence-electron chi connectivity index (χ2n) is 7.49. The Morgan fingerprint density at radius 2 is 1.81 bits per heavy atom. The number of aryl methyl sites for hydroxylation is 1. The number of benzene rings is 2. The SMILES string of the molecule is O=C(CCc1cccnc1)Cc1ccc(OCCn2ccnc2-c2ccccc2Cl)cc1. The van der Waals surface area contributed by atoms with Gasteiger partial charge in [-0.2, -0.15) is 0 Å². The molecule has 162 valence electrons. The van der Waals surface area contributed by atoms with E-state index in [0.29, 0.717) is 31.0 Å². The highest BCUT2D eigenvalue weighted by molar-refractivity contribution is 6.33. The van der Waals surface area contributed by atoms with Gasteiger partial charge in [-0.25, -0.2) is 4.98 Å². The van der Waals surface area contributed by atoms with Crippen LogP contribution in [0.15, 0.2) is 85.5 Å². The van der Waals surface area contributed by atoms with Gasteiger partial charge in [-0.3, -0.25) is 9.78 Å². The third kappa shape index (κ3) is 5.83. The van der Waals surface area contributed by atoms with E-state index in [9.17, 15) is 4.79 Å². The molecular weight excluding hydrogens is 422 g/mol. The monoisotopic (exact) mass is 445 g/mol. The van der Waals surface area contributed by atoms with Crippen LogP contribution in [0.4, 0.5) is 0 Å². The first-order chi connectivity index (χ1) is 15.7. The summed E-state index contributed by atoms with van der Waals surface area (Å²) in [5.41, 5.74) is 2.97. The molecule has 2 aromatic heterocycles. The lowest BCUT2D eigenvalue weighted by atomic mass is 10.0. The van der Waals surface area contributed by atoms with Gasteiger partial charge in [-0.15, -0.1) is 0 Å². The van der Waals surface area contributed by atoms with E-state index >= 15 is 0 Å². The van der Waals surface area contributed by atoms with E-state index in [1.807, 2.05) is 71.4 Å². The molecule has 0 N–H and O–H groups in total. The van der Waals surface area contributed by atoms with Crippen LogP contribution in [0.2, 0.25) is 5.02 Å². The summed E-state index contributed by atoms with van der Waals surface area (Å²) in [5.74, 6) is 1.81. The van der Waals surface area contributed by atoms with E-state index in [-0.39, 0.29) is 5.78 Å². The first-order valence-corrected chi connectivity index (χ1v) is 11.0. The van der Waals surface area contributed by atoms with Crippen LogP contribution >= 0.6 is 11.6 Å². The maximum atomic E-state index is 12.3. The van der Waals surface area contributed by atoms with Crippen molar-refractivity contribution < 1.29 is 9.53 Å². The Balaban J connectivity index is 1.26. The predicted molar refractivity (Wildman–Crippen MR) is 126 cm³/mol. The zero-order valence-electron chi connectivity index (χ0n) is 17.7. The van der Waals surface area contributed by atoms with E-state index in [2.05, 4.69) is 9.97 Å². The Morgan fingerprint density at radius 3 is 2.59 bits per heavy atom. The average molecular weight is 446 g/mol. The van der Waals surface area contributed by atoms with Gasteiger partial charge in [0.25, 0.3) is 0 Å². The molecule has 0 unspecified atom stereocenters. The Kier molecular flexibility index (Phi) is 7.31. The maximum absolute atomic E-state index is 12.3. The maximum Gasteiger partial charge on any atom is 0.141 e. The molecule has 0 saturated carbocycles. The average Bonchev–Trinajstić information content (AvgIpc) is 3.28. The second-order valence-corrected chi connectivity index (χ2v) is 7.90. The number of ether oxygens (including phenoxy) is 1. The number of Topliss-reactive ketones (excluding diaryl/α,β-unsaturated/α-hetero) is 1. The van der Waals surface area contributed by atoms with Crippen LogP contribution in [0, 0.1) is 0 Å². The number of hydrogen-bond acceptors (Lipinski definition) is 4. The molecule has 5 nitrogen and oxygen atoms in total. The number of carbonyl (C=O) groups excluding carboxylic acids is 1. The molecule has 0 atom stereocenters. The van der Waals surface area contributed by atoms with Gasteiger partial charge in [0.05, 0.1) is 11.6 Å². The van der Waals surface area contributed by atoms with Crippen LogP contribution in [-0.2, 0) is 24.2 Å². The highest BCUT2D eigenvalue weighted by atomic mass is 35.5. The molecule has 6 heteroatoms. The van der Waals surface area contributed by atoms with Crippen molar-refractivity contribution in [2.24, 2.45) is 0 Å². The first kappa shape index (κ1) is 21.8. The number of halogens is 1. The first-order valence-electron chi connectivity index (χ1n) is 10.6. The lowest BCUT2D eigenvalue weighted by Gasteiger charge is -2.11. The topological polar surface area (TPSA) is 57.0 Å². The molecular formula is C26H24ClN3O2. The molecule has 0 bridgehead atoms. The Hall–Kier alpha value is -3.44. The highest BCUT2D eigenvalue weighted by Crippen LogP contribution is 2.26. The third-order valence-electron chi connectivity index (χ3n) is 5.17. The molecule has 0 aliphatic carbocycles. The molecule has 0 radical (unpaired) electrons. The molecule has 32 heavy (non-hydrogen) atoms. The zero-order valence-corrected chi connectivity index (χ0v) is 18.4. The second kappa shape index (κ2) is 10.7. The van der Waals surface area contributed by atoms with E-state index < -0.39 is 0 Å². The van der Waals surface area contributed by atoms with Crippen LogP contribution in [-0.4, -0.2) is 26.9 Å². The van der Waals surface area contributed by atoms with Crippen molar-refractivity contribution in [3.8, 4) is 17.1 Å². The molecule has 0 aliphatic rings. The fourth-order valence-electron chi connectivity index (χ4n) is 3.49. The van der Waals surface area contributed by atoms with Crippen LogP contribution in [0.5, 0.6) is 5.75 Å². The van der Waals surface area contributed by atoms with Crippen LogP contribution in [0.1, 0.15) is 17.5 Å². The van der Waals surface area contributed by atoms with Crippen LogP contribution in [0.3, 0.4) is 0 Å². The summed E-state index contributed by atoms with van der Waals surface area (Å²) in [7, 11) is 0. The standard InChI is InChI=1S/C26H24ClN3O2/c27-25-6-2-1-5-24(25)26-29-14-15-30(26)16-17-32-23-11-8-20(9-12-23)18-22(31)10-7-21-4-3-13-28-19-21/h1-6,8-9,11-15,19H,7,10,16-18H2. The summed E-state index contributed by atoms with van der Waals surface area (Å²) >= 11 is 6.31. The van der Waals surface area contributed by atoms with Crippen molar-refractivity contribution in [2.45, 2.75) is 25.8 Å². The van der Waals surface area contributed by atoms with E-state index in [1.54, 1.807) is 18.6 Å². The summed E-state index contributed by atoms with van der Waals surface area (Å²) < 4.78 is 7.92. The predicted octanol–water partition coefficient (Wildman–Crippen LogP) is 5.42. The van der Waals surface area contributed by atoms with Crippen LogP contribution < -0.4 is 4.74 Å². The molecule has 0 aliphatic heterocycles. The van der Waals surface area contributed by atoms with E-state index in [0.717, 1.165) is 34.7 Å². The van der Waals surface area contributed by atoms with Gasteiger partial charge in [-0.05, 0) is 47.9 Å². The highest BCUT2D eigenvalue weighted by Gasteiger charge is 2.09. The minimum atomic E-state index is 0.217. The fourth-order valence-corrected chi connectivity index (χ4v) is 3.71. The Morgan fingerprint density at radius 1 is 0.969 bits per heavy atom. The summed E-state index contributed by atoms with van der Waals surface area (Å²) in [5, 5.41) is 0.673. The zero-order chi connectivity index (χ0) is 22.2. The fraction of sp³-hybridized carbons (Fsp3) is 0.192. The number of rotatable bonds is 10. The minimum absolute atomic E-state index is 0.217. The van der Waals surface area contributed by atoms with Crippen molar-refractivity contribution >= 4 is 17.4 Å². The number of carbonyl (C=O) groups is 1. The van der Waals surface area contributed by atoms with Crippen LogP contribution in [0.25, 0.3) is 11.4 Å². The van der Waals surface area contributed by atoms with Crippen molar-refractivity contribution in [1.82, 2.24) is 14.5 Å². The third-order valence-corrected chi connectivity index (χ3v) is 5.50. The molecule has 0 spiro atoms. The lowest BCUT2D eigenvalue weighted by Crippen LogP contribution is -2.09. The summed E-state index contributed by atoms with van der Waals surface area (Å²) in [6, 6.07) is 19.3. The molecule has 0 amide bonds. The quantitative estimate of drug-likeness (QED) is 0.327. The number of imidazole rings is 1. The summed E-state index contributed by atoms with van der Waals surface area (Å²) in [4.78, 5) is 20.8. The van der Waals surface area contributed by atoms with Gasteiger partial charge < -0.3 is 9.30 Å². The Labute approximate surface area is 192 Å². The largest absolute Gasteiger partial charge is 0.492 e. The van der Waals surface area contributed by atoms with Gasteiger partial charge in [-0.1, -0.05) is 41.9 Å². The van der Waals surface area contributed by atoms with Gasteiger partial charge in [0.15, 0.2) is 0 Å². The number of nitrogens with zero attached hydrogens (tertiary/aromatic N) is 3. The van der Waals surface area contributed by atoms with Crippen molar-refractivity contribution in [2.75, 3.05) is 6.61 Å². The van der Waals surface area contributed by atoms with Gasteiger partial charge in [0, 0.05) is 43.2 Å². The number of aromatic nitrogens is 3.